The van der Waals surface area contributed by atoms with Gasteiger partial charge >= 0.3 is 5.69 Å². The largest absolute Gasteiger partial charge is 0.336 e. The molecular formula is C14H13ClN4O2. The van der Waals surface area contributed by atoms with Crippen LogP contribution in [0.5, 0.6) is 0 Å². The number of aryl methyl sites for hydroxylation is 1. The first-order valence-electron chi connectivity index (χ1n) is 6.55. The summed E-state index contributed by atoms with van der Waals surface area (Å²) in [5.41, 5.74) is 0.662. The van der Waals surface area contributed by atoms with E-state index >= 15 is 0 Å². The van der Waals surface area contributed by atoms with Crippen molar-refractivity contribution in [2.45, 2.75) is 19.9 Å². The van der Waals surface area contributed by atoms with Gasteiger partial charge in [-0.05, 0) is 18.6 Å². The number of hydrogen-bond donors (Lipinski definition) is 2. The number of imidazole rings is 1. The van der Waals surface area contributed by atoms with Gasteiger partial charge in [0.2, 0.25) is 0 Å². The molecule has 0 unspecified atom stereocenters. The van der Waals surface area contributed by atoms with Gasteiger partial charge in [0.15, 0.2) is 5.65 Å². The summed E-state index contributed by atoms with van der Waals surface area (Å²) in [6.07, 6.45) is 0.464. The summed E-state index contributed by atoms with van der Waals surface area (Å²) in [7, 11) is 0. The molecule has 0 aliphatic heterocycles. The molecule has 3 aromatic rings. The quantitative estimate of drug-likeness (QED) is 0.772. The van der Waals surface area contributed by atoms with Gasteiger partial charge in [-0.15, -0.1) is 0 Å². The lowest BCUT2D eigenvalue weighted by Gasteiger charge is -2.00. The summed E-state index contributed by atoms with van der Waals surface area (Å²) in [6, 6.07) is 7.43. The Bertz CT molecular complexity index is 923. The monoisotopic (exact) mass is 304 g/mol. The maximum Gasteiger partial charge on any atom is 0.330 e. The van der Waals surface area contributed by atoms with Gasteiger partial charge in [0, 0.05) is 18.0 Å². The highest BCUT2D eigenvalue weighted by molar-refractivity contribution is 6.31. The number of hydrogen-bond acceptors (Lipinski definition) is 3. The highest BCUT2D eigenvalue weighted by atomic mass is 35.5. The maximum absolute atomic E-state index is 11.8. The highest BCUT2D eigenvalue weighted by Crippen LogP contribution is 2.18. The first kappa shape index (κ1) is 13.6. The Morgan fingerprint density at radius 3 is 2.71 bits per heavy atom. The summed E-state index contributed by atoms with van der Waals surface area (Å²) in [5, 5.41) is 0.639. The molecule has 108 valence electrons. The second kappa shape index (κ2) is 5.21. The zero-order valence-electron chi connectivity index (χ0n) is 11.3. The van der Waals surface area contributed by atoms with Crippen molar-refractivity contribution in [3.05, 3.63) is 61.5 Å². The van der Waals surface area contributed by atoms with Crippen molar-refractivity contribution in [2.75, 3.05) is 0 Å². The molecule has 0 aliphatic carbocycles. The van der Waals surface area contributed by atoms with E-state index in [4.69, 9.17) is 11.6 Å². The Labute approximate surface area is 124 Å². The second-order valence-electron chi connectivity index (χ2n) is 4.65. The first-order chi connectivity index (χ1) is 10.1. The van der Waals surface area contributed by atoms with Crippen LogP contribution in [-0.4, -0.2) is 19.5 Å². The van der Waals surface area contributed by atoms with E-state index in [0.717, 1.165) is 5.56 Å². The molecule has 2 heterocycles. The number of H-pyrrole nitrogens is 2. The van der Waals surface area contributed by atoms with Crippen LogP contribution in [0.1, 0.15) is 18.3 Å². The molecule has 0 amide bonds. The Hall–Kier alpha value is -2.34. The van der Waals surface area contributed by atoms with Crippen molar-refractivity contribution in [3.63, 3.8) is 0 Å². The van der Waals surface area contributed by atoms with Crippen molar-refractivity contribution in [1.82, 2.24) is 19.5 Å². The third kappa shape index (κ3) is 2.38. The number of nitrogens with one attached hydrogen (secondary N) is 2. The van der Waals surface area contributed by atoms with Crippen molar-refractivity contribution in [2.24, 2.45) is 0 Å². The summed E-state index contributed by atoms with van der Waals surface area (Å²) in [4.78, 5) is 33.2. The van der Waals surface area contributed by atoms with Crippen molar-refractivity contribution in [3.8, 4) is 0 Å². The maximum atomic E-state index is 11.8. The highest BCUT2D eigenvalue weighted by Gasteiger charge is 2.12. The third-order valence-corrected chi connectivity index (χ3v) is 3.68. The van der Waals surface area contributed by atoms with Gasteiger partial charge in [-0.25, -0.2) is 9.78 Å². The standard InChI is InChI=1S/C14H13ClN4O2/c1-2-19-12-11(13(20)18-14(19)21)16-10(17-12)7-8-5-3-4-6-9(8)15/h3-6H,2,7H2,1H3,(H,16,17)(H,18,20,21). The topological polar surface area (TPSA) is 83.5 Å². The van der Waals surface area contributed by atoms with E-state index in [1.165, 1.54) is 4.57 Å². The van der Waals surface area contributed by atoms with E-state index in [2.05, 4.69) is 15.0 Å². The van der Waals surface area contributed by atoms with Crippen LogP contribution in [0.25, 0.3) is 11.2 Å². The number of aromatic amines is 2. The van der Waals surface area contributed by atoms with E-state index in [-0.39, 0.29) is 0 Å². The number of fused-ring (bicyclic) bond motifs is 1. The second-order valence-corrected chi connectivity index (χ2v) is 5.06. The molecule has 0 atom stereocenters. The number of rotatable bonds is 3. The van der Waals surface area contributed by atoms with Gasteiger partial charge in [-0.2, -0.15) is 0 Å². The predicted molar refractivity (Wildman–Crippen MR) is 80.9 cm³/mol. The van der Waals surface area contributed by atoms with Crippen LogP contribution < -0.4 is 11.2 Å². The molecule has 0 saturated heterocycles. The molecular weight excluding hydrogens is 292 g/mol. The molecule has 2 N–H and O–H groups in total. The lowest BCUT2D eigenvalue weighted by molar-refractivity contribution is 0.719. The summed E-state index contributed by atoms with van der Waals surface area (Å²) < 4.78 is 1.42. The van der Waals surface area contributed by atoms with Crippen LogP contribution in [0, 0.1) is 0 Å². The lowest BCUT2D eigenvalue weighted by atomic mass is 10.1. The Kier molecular flexibility index (Phi) is 3.39. The van der Waals surface area contributed by atoms with Gasteiger partial charge in [-0.3, -0.25) is 14.3 Å². The van der Waals surface area contributed by atoms with E-state index < -0.39 is 11.2 Å². The zero-order valence-corrected chi connectivity index (χ0v) is 12.1. The average Bonchev–Trinajstić information content (AvgIpc) is 2.86. The molecule has 0 saturated carbocycles. The average molecular weight is 305 g/mol. The van der Waals surface area contributed by atoms with Crippen LogP contribution >= 0.6 is 11.6 Å². The van der Waals surface area contributed by atoms with Crippen LogP contribution in [0.15, 0.2) is 33.9 Å². The SMILES string of the molecule is CCn1c(=O)[nH]c(=O)c2[nH]c(Cc3ccccc3Cl)nc21. The smallest absolute Gasteiger partial charge is 0.330 e. The van der Waals surface area contributed by atoms with Crippen LogP contribution in [0.3, 0.4) is 0 Å². The molecule has 6 nitrogen and oxygen atoms in total. The molecule has 0 bridgehead atoms. The summed E-state index contributed by atoms with van der Waals surface area (Å²) in [6.45, 7) is 2.25. The molecule has 21 heavy (non-hydrogen) atoms. The van der Waals surface area contributed by atoms with E-state index in [1.54, 1.807) is 6.07 Å². The van der Waals surface area contributed by atoms with Gasteiger partial charge in [0.1, 0.15) is 11.3 Å². The summed E-state index contributed by atoms with van der Waals surface area (Å²) in [5.74, 6) is 0.594. The minimum atomic E-state index is -0.461. The van der Waals surface area contributed by atoms with Gasteiger partial charge in [0.05, 0.1) is 0 Å². The Balaban J connectivity index is 2.14. The fourth-order valence-corrected chi connectivity index (χ4v) is 2.49. The number of aromatic nitrogens is 4. The number of benzene rings is 1. The van der Waals surface area contributed by atoms with Gasteiger partial charge < -0.3 is 4.98 Å². The summed E-state index contributed by atoms with van der Waals surface area (Å²) >= 11 is 6.12. The fraction of sp³-hybridized carbons (Fsp3) is 0.214. The molecule has 2 aromatic heterocycles. The van der Waals surface area contributed by atoms with Crippen molar-refractivity contribution >= 4 is 22.8 Å². The third-order valence-electron chi connectivity index (χ3n) is 3.31. The normalized spacial score (nSPS) is 11.1. The van der Waals surface area contributed by atoms with Crippen LogP contribution in [0.4, 0.5) is 0 Å². The first-order valence-corrected chi connectivity index (χ1v) is 6.93. The Morgan fingerprint density at radius 1 is 1.24 bits per heavy atom. The van der Waals surface area contributed by atoms with Crippen LogP contribution in [0.2, 0.25) is 5.02 Å². The van der Waals surface area contributed by atoms with Gasteiger partial charge in [-0.1, -0.05) is 29.8 Å². The Morgan fingerprint density at radius 2 is 2.00 bits per heavy atom. The fourth-order valence-electron chi connectivity index (χ4n) is 2.29. The lowest BCUT2D eigenvalue weighted by Crippen LogP contribution is -2.29. The molecule has 1 aromatic carbocycles. The van der Waals surface area contributed by atoms with Crippen molar-refractivity contribution in [1.29, 1.82) is 0 Å². The molecule has 0 spiro atoms. The molecule has 0 radical (unpaired) electrons. The van der Waals surface area contributed by atoms with E-state index in [1.807, 2.05) is 25.1 Å². The van der Waals surface area contributed by atoms with Crippen molar-refractivity contribution < 1.29 is 0 Å². The molecule has 3 rings (SSSR count). The minimum Gasteiger partial charge on any atom is -0.336 e. The molecule has 0 fully saturated rings. The molecule has 0 aliphatic rings. The van der Waals surface area contributed by atoms with E-state index in [9.17, 15) is 9.59 Å². The number of nitrogens with zero attached hydrogens (tertiary/aromatic N) is 2. The number of halogens is 1. The minimum absolute atomic E-state index is 0.304. The van der Waals surface area contributed by atoms with Crippen LogP contribution in [-0.2, 0) is 13.0 Å². The molecule has 7 heteroatoms. The van der Waals surface area contributed by atoms with Gasteiger partial charge in [0.25, 0.3) is 5.56 Å². The zero-order chi connectivity index (χ0) is 15.0. The van der Waals surface area contributed by atoms with E-state index in [0.29, 0.717) is 35.0 Å². The predicted octanol–water partition coefficient (Wildman–Crippen LogP) is 1.68.